The smallest absolute Gasteiger partial charge is 0.319 e. The zero-order valence-electron chi connectivity index (χ0n) is 13.6. The highest BCUT2D eigenvalue weighted by molar-refractivity contribution is 5.84. The van der Waals surface area contributed by atoms with Crippen molar-refractivity contribution in [3.8, 4) is 5.75 Å². The Morgan fingerprint density at radius 2 is 1.88 bits per heavy atom. The fraction of sp³-hybridized carbons (Fsp3) is 0.278. The van der Waals surface area contributed by atoms with Gasteiger partial charge in [0.25, 0.3) is 0 Å². The molecule has 3 rings (SSSR count). The normalized spacial score (nSPS) is 11.6. The second-order valence-corrected chi connectivity index (χ2v) is 5.75. The highest BCUT2D eigenvalue weighted by Gasteiger charge is 2.13. The van der Waals surface area contributed by atoms with Crippen molar-refractivity contribution < 1.29 is 13.5 Å². The first-order chi connectivity index (χ1) is 11.6. The lowest BCUT2D eigenvalue weighted by Gasteiger charge is -2.17. The molecule has 0 aliphatic heterocycles. The third-order valence-electron chi connectivity index (χ3n) is 3.93. The fourth-order valence-electron chi connectivity index (χ4n) is 2.75. The minimum absolute atomic E-state index is 0.359. The highest BCUT2D eigenvalue weighted by atomic mass is 19.3. The number of benzene rings is 2. The van der Waals surface area contributed by atoms with Crippen molar-refractivity contribution in [3.05, 3.63) is 60.2 Å². The SMILES string of the molecule is COc1ccc2cc(CN(C)Cc3nccn3C(F)F)ccc2c1. The van der Waals surface area contributed by atoms with Gasteiger partial charge in [-0.2, -0.15) is 8.78 Å². The van der Waals surface area contributed by atoms with Crippen molar-refractivity contribution in [2.75, 3.05) is 14.2 Å². The number of hydrogen-bond acceptors (Lipinski definition) is 3. The van der Waals surface area contributed by atoms with E-state index in [9.17, 15) is 8.78 Å². The molecule has 0 spiro atoms. The Hall–Kier alpha value is -2.47. The predicted molar refractivity (Wildman–Crippen MR) is 89.2 cm³/mol. The Labute approximate surface area is 139 Å². The number of methoxy groups -OCH3 is 1. The average molecular weight is 331 g/mol. The summed E-state index contributed by atoms with van der Waals surface area (Å²) < 4.78 is 31.9. The van der Waals surface area contributed by atoms with Crippen LogP contribution in [0, 0.1) is 0 Å². The highest BCUT2D eigenvalue weighted by Crippen LogP contribution is 2.22. The molecule has 1 aromatic heterocycles. The van der Waals surface area contributed by atoms with Gasteiger partial charge in [0.05, 0.1) is 13.7 Å². The lowest BCUT2D eigenvalue weighted by atomic mass is 10.1. The molecule has 0 saturated heterocycles. The summed E-state index contributed by atoms with van der Waals surface area (Å²) in [5.41, 5.74) is 1.12. The van der Waals surface area contributed by atoms with Gasteiger partial charge >= 0.3 is 6.55 Å². The van der Waals surface area contributed by atoms with Crippen molar-refractivity contribution >= 4 is 10.8 Å². The zero-order chi connectivity index (χ0) is 17.1. The largest absolute Gasteiger partial charge is 0.497 e. The molecule has 126 valence electrons. The van der Waals surface area contributed by atoms with Gasteiger partial charge in [-0.05, 0) is 41.6 Å². The summed E-state index contributed by atoms with van der Waals surface area (Å²) in [5, 5.41) is 2.23. The van der Waals surface area contributed by atoms with Crippen LogP contribution >= 0.6 is 0 Å². The summed E-state index contributed by atoms with van der Waals surface area (Å²) in [7, 11) is 3.54. The molecule has 2 aromatic carbocycles. The second-order valence-electron chi connectivity index (χ2n) is 5.75. The number of aromatic nitrogens is 2. The molecule has 0 aliphatic rings. The quantitative estimate of drug-likeness (QED) is 0.682. The number of hydrogen-bond donors (Lipinski definition) is 0. The van der Waals surface area contributed by atoms with E-state index < -0.39 is 6.55 Å². The molecular formula is C18H19F2N3O. The van der Waals surface area contributed by atoms with Crippen molar-refractivity contribution in [2.24, 2.45) is 0 Å². The van der Waals surface area contributed by atoms with Crippen LogP contribution in [0.15, 0.2) is 48.8 Å². The Morgan fingerprint density at radius 1 is 1.12 bits per heavy atom. The second kappa shape index (κ2) is 6.97. The Bertz CT molecular complexity index is 832. The van der Waals surface area contributed by atoms with Gasteiger partial charge in [0.15, 0.2) is 0 Å². The Morgan fingerprint density at radius 3 is 2.62 bits per heavy atom. The molecule has 0 aliphatic carbocycles. The molecule has 0 fully saturated rings. The Balaban J connectivity index is 1.73. The molecular weight excluding hydrogens is 312 g/mol. The van der Waals surface area contributed by atoms with Gasteiger partial charge in [-0.15, -0.1) is 0 Å². The number of nitrogens with zero attached hydrogens (tertiary/aromatic N) is 3. The average Bonchev–Trinajstić information content (AvgIpc) is 3.02. The standard InChI is InChI=1S/C18H19F2N3O/c1-22(12-17-21-7-8-23(17)18(19)20)11-13-3-4-15-10-16(24-2)6-5-14(15)9-13/h3-10,18H,11-12H2,1-2H3. The molecule has 1 heterocycles. The van der Waals surface area contributed by atoms with Crippen LogP contribution in [0.5, 0.6) is 5.75 Å². The van der Waals surface area contributed by atoms with Crippen molar-refractivity contribution in [2.45, 2.75) is 19.6 Å². The maximum Gasteiger partial charge on any atom is 0.319 e. The Kier molecular flexibility index (Phi) is 4.76. The molecule has 4 nitrogen and oxygen atoms in total. The molecule has 0 atom stereocenters. The molecule has 0 unspecified atom stereocenters. The first-order valence-electron chi connectivity index (χ1n) is 7.62. The number of imidazole rings is 1. The topological polar surface area (TPSA) is 30.3 Å². The number of alkyl halides is 2. The van der Waals surface area contributed by atoms with Gasteiger partial charge in [0.2, 0.25) is 0 Å². The van der Waals surface area contributed by atoms with Gasteiger partial charge in [-0.25, -0.2) is 4.98 Å². The maximum atomic E-state index is 12.9. The lowest BCUT2D eigenvalue weighted by molar-refractivity contribution is 0.0644. The van der Waals surface area contributed by atoms with Gasteiger partial charge in [0.1, 0.15) is 11.6 Å². The lowest BCUT2D eigenvalue weighted by Crippen LogP contribution is -2.20. The molecule has 0 bridgehead atoms. The molecule has 0 N–H and O–H groups in total. The fourth-order valence-corrected chi connectivity index (χ4v) is 2.75. The van der Waals surface area contributed by atoms with E-state index in [0.29, 0.717) is 18.9 Å². The first kappa shape index (κ1) is 16.4. The van der Waals surface area contributed by atoms with E-state index in [1.807, 2.05) is 42.3 Å². The van der Waals surface area contributed by atoms with E-state index in [-0.39, 0.29) is 0 Å². The molecule has 0 radical (unpaired) electrons. The van der Waals surface area contributed by atoms with Crippen molar-refractivity contribution in [1.29, 1.82) is 0 Å². The van der Waals surface area contributed by atoms with Gasteiger partial charge in [-0.3, -0.25) is 9.47 Å². The van der Waals surface area contributed by atoms with E-state index in [0.717, 1.165) is 26.7 Å². The monoisotopic (exact) mass is 331 g/mol. The van der Waals surface area contributed by atoms with Crippen LogP contribution in [-0.4, -0.2) is 28.6 Å². The zero-order valence-corrected chi connectivity index (χ0v) is 13.6. The minimum Gasteiger partial charge on any atom is -0.497 e. The maximum absolute atomic E-state index is 12.9. The predicted octanol–water partition coefficient (Wildman–Crippen LogP) is 4.07. The number of ether oxygens (including phenoxy) is 1. The van der Waals surface area contributed by atoms with Crippen LogP contribution < -0.4 is 4.74 Å². The van der Waals surface area contributed by atoms with E-state index >= 15 is 0 Å². The summed E-state index contributed by atoms with van der Waals surface area (Å²) >= 11 is 0. The van der Waals surface area contributed by atoms with Crippen LogP contribution in [0.4, 0.5) is 8.78 Å². The van der Waals surface area contributed by atoms with Gasteiger partial charge in [-0.1, -0.05) is 18.2 Å². The van der Waals surface area contributed by atoms with Crippen molar-refractivity contribution in [1.82, 2.24) is 14.5 Å². The summed E-state index contributed by atoms with van der Waals surface area (Å²) in [5.74, 6) is 1.18. The van der Waals surface area contributed by atoms with Crippen LogP contribution in [-0.2, 0) is 13.1 Å². The molecule has 0 saturated carbocycles. The summed E-state index contributed by atoms with van der Waals surface area (Å²) in [6, 6.07) is 12.1. The van der Waals surface area contributed by atoms with Gasteiger partial charge in [0, 0.05) is 18.9 Å². The number of rotatable bonds is 6. The van der Waals surface area contributed by atoms with E-state index in [1.165, 1.54) is 12.4 Å². The minimum atomic E-state index is -2.56. The van der Waals surface area contributed by atoms with Crippen LogP contribution in [0.2, 0.25) is 0 Å². The van der Waals surface area contributed by atoms with Crippen LogP contribution in [0.1, 0.15) is 17.9 Å². The summed E-state index contributed by atoms with van der Waals surface area (Å²) in [4.78, 5) is 5.98. The first-order valence-corrected chi connectivity index (χ1v) is 7.62. The van der Waals surface area contributed by atoms with E-state index in [4.69, 9.17) is 4.74 Å². The van der Waals surface area contributed by atoms with Crippen LogP contribution in [0.25, 0.3) is 10.8 Å². The summed E-state index contributed by atoms with van der Waals surface area (Å²) in [6.45, 7) is -1.55. The van der Waals surface area contributed by atoms with Crippen LogP contribution in [0.3, 0.4) is 0 Å². The molecule has 24 heavy (non-hydrogen) atoms. The summed E-state index contributed by atoms with van der Waals surface area (Å²) in [6.07, 6.45) is 2.70. The molecule has 0 amide bonds. The molecule has 3 aromatic rings. The van der Waals surface area contributed by atoms with Crippen molar-refractivity contribution in [3.63, 3.8) is 0 Å². The third-order valence-corrected chi connectivity index (χ3v) is 3.93. The third kappa shape index (κ3) is 3.54. The van der Waals surface area contributed by atoms with Gasteiger partial charge < -0.3 is 4.74 Å². The van der Waals surface area contributed by atoms with E-state index in [1.54, 1.807) is 7.11 Å². The molecule has 6 heteroatoms. The number of halogens is 2. The number of fused-ring (bicyclic) bond motifs is 1. The van der Waals surface area contributed by atoms with E-state index in [2.05, 4.69) is 11.1 Å².